The number of carbonyl (C=O) groups is 1. The van der Waals surface area contributed by atoms with Crippen molar-refractivity contribution in [2.45, 2.75) is 19.1 Å². The second kappa shape index (κ2) is 15.2. The molecular weight excluding hydrogens is 656 g/mol. The highest BCUT2D eigenvalue weighted by Gasteiger charge is 2.25. The molecule has 1 aliphatic heterocycles. The summed E-state index contributed by atoms with van der Waals surface area (Å²) in [6, 6.07) is 23.7. The Bertz CT molecular complexity index is 1990. The topological polar surface area (TPSA) is 135 Å². The molecule has 2 N–H and O–H groups in total. The lowest BCUT2D eigenvalue weighted by Gasteiger charge is -2.28. The van der Waals surface area contributed by atoms with E-state index in [0.717, 1.165) is 22.4 Å². The molecule has 0 fully saturated rings. The van der Waals surface area contributed by atoms with Crippen LogP contribution in [0.25, 0.3) is 22.6 Å². The van der Waals surface area contributed by atoms with E-state index in [1.807, 2.05) is 68.6 Å². The highest BCUT2D eigenvalue weighted by Crippen LogP contribution is 2.42. The van der Waals surface area contributed by atoms with E-state index in [1.54, 1.807) is 64.9 Å². The van der Waals surface area contributed by atoms with Crippen LogP contribution in [0.2, 0.25) is 0 Å². The smallest absolute Gasteiger partial charge is 0.255 e. The van der Waals surface area contributed by atoms with Crippen LogP contribution in [0.3, 0.4) is 0 Å². The molecule has 2 heterocycles. The van der Waals surface area contributed by atoms with Crippen molar-refractivity contribution in [2.75, 3.05) is 54.5 Å². The molecule has 13 heteroatoms. The Labute approximate surface area is 295 Å². The molecule has 0 aliphatic carbocycles. The van der Waals surface area contributed by atoms with E-state index in [0.29, 0.717) is 57.3 Å². The van der Waals surface area contributed by atoms with Crippen molar-refractivity contribution in [3.63, 3.8) is 0 Å². The van der Waals surface area contributed by atoms with Gasteiger partial charge in [-0.2, -0.15) is 0 Å². The van der Waals surface area contributed by atoms with Gasteiger partial charge in [0.25, 0.3) is 5.91 Å². The van der Waals surface area contributed by atoms with Crippen LogP contribution in [0.5, 0.6) is 40.2 Å². The first-order valence-corrected chi connectivity index (χ1v) is 16.1. The maximum absolute atomic E-state index is 12.7. The molecule has 2 atom stereocenters. The van der Waals surface area contributed by atoms with Crippen LogP contribution in [0.4, 0.5) is 5.69 Å². The Morgan fingerprint density at radius 1 is 0.745 bits per heavy atom. The van der Waals surface area contributed by atoms with E-state index in [4.69, 9.17) is 37.8 Å². The lowest BCUT2D eigenvalue weighted by Crippen LogP contribution is -2.38. The van der Waals surface area contributed by atoms with E-state index >= 15 is 0 Å². The summed E-state index contributed by atoms with van der Waals surface area (Å²) in [6.45, 7) is 2.25. The third-order valence-corrected chi connectivity index (χ3v) is 8.53. The van der Waals surface area contributed by atoms with E-state index in [1.165, 1.54) is 0 Å². The van der Waals surface area contributed by atoms with Gasteiger partial charge < -0.3 is 48.4 Å². The highest BCUT2D eigenvalue weighted by molar-refractivity contribution is 6.01. The molecule has 1 aromatic heterocycles. The zero-order chi connectivity index (χ0) is 36.1. The largest absolute Gasteiger partial charge is 0.493 e. The van der Waals surface area contributed by atoms with Crippen LogP contribution in [0, 0.1) is 0 Å². The summed E-state index contributed by atoms with van der Waals surface area (Å²) in [6.07, 6.45) is -0.419. The normalized spacial score (nSPS) is 14.1. The van der Waals surface area contributed by atoms with Crippen LogP contribution in [-0.2, 0) is 0 Å². The first-order valence-electron chi connectivity index (χ1n) is 16.1. The van der Waals surface area contributed by atoms with Gasteiger partial charge in [-0.05, 0) is 67.1 Å². The molecule has 266 valence electrons. The minimum atomic E-state index is -0.419. The second-order valence-electron chi connectivity index (χ2n) is 11.7. The number of methoxy groups -OCH3 is 5. The number of carbonyl (C=O) groups excluding carboxylic acids is 1. The minimum absolute atomic E-state index is 0.145. The van der Waals surface area contributed by atoms with Crippen molar-refractivity contribution < 1.29 is 42.6 Å². The van der Waals surface area contributed by atoms with Crippen molar-refractivity contribution >= 4 is 11.6 Å². The SMILES string of the molecule is COc1cc(C2NC(=O)c3ccccc3N2)ccc1OCC(C)N(C)Oc1cc(-c2cc(-c3cc(OC)c(OC)c(OC)c3)no2)ccc1OC. The summed E-state index contributed by atoms with van der Waals surface area (Å²) >= 11 is 0. The molecule has 0 saturated heterocycles. The van der Waals surface area contributed by atoms with Crippen molar-refractivity contribution in [2.24, 2.45) is 0 Å². The first kappa shape index (κ1) is 34.8. The molecule has 1 aliphatic rings. The number of amides is 1. The number of nitrogens with zero attached hydrogens (tertiary/aromatic N) is 2. The monoisotopic (exact) mass is 696 g/mol. The van der Waals surface area contributed by atoms with Gasteiger partial charge >= 0.3 is 0 Å². The maximum atomic E-state index is 12.7. The Morgan fingerprint density at radius 2 is 1.43 bits per heavy atom. The predicted octanol–water partition coefficient (Wildman–Crippen LogP) is 6.60. The molecule has 0 radical (unpaired) electrons. The number of fused-ring (bicyclic) bond motifs is 1. The fourth-order valence-corrected chi connectivity index (χ4v) is 5.60. The number of hydroxylamine groups is 2. The van der Waals surface area contributed by atoms with Crippen LogP contribution >= 0.6 is 0 Å². The zero-order valence-electron chi connectivity index (χ0n) is 29.4. The lowest BCUT2D eigenvalue weighted by atomic mass is 10.1. The minimum Gasteiger partial charge on any atom is -0.493 e. The van der Waals surface area contributed by atoms with Crippen LogP contribution < -0.4 is 43.9 Å². The van der Waals surface area contributed by atoms with E-state index in [-0.39, 0.29) is 18.6 Å². The Hall–Kier alpha value is -6.08. The van der Waals surface area contributed by atoms with Gasteiger partial charge in [-0.25, -0.2) is 0 Å². The molecular formula is C38H40N4O9. The summed E-state index contributed by atoms with van der Waals surface area (Å²) < 4.78 is 39.6. The van der Waals surface area contributed by atoms with Crippen molar-refractivity contribution in [1.82, 2.24) is 15.5 Å². The number of benzene rings is 4. The van der Waals surface area contributed by atoms with Gasteiger partial charge in [0.1, 0.15) is 18.5 Å². The van der Waals surface area contributed by atoms with Gasteiger partial charge in [-0.3, -0.25) is 4.79 Å². The Morgan fingerprint density at radius 3 is 2.14 bits per heavy atom. The number of ether oxygens (including phenoxy) is 6. The molecule has 0 saturated carbocycles. The highest BCUT2D eigenvalue weighted by atomic mass is 16.7. The first-order chi connectivity index (χ1) is 24.8. The number of nitrogens with one attached hydrogen (secondary N) is 2. The standard InChI is InChI=1S/C38H40N4O9/c1-22(21-49-30-15-13-24(17-32(30)45-4)37-39-27-11-9-8-10-26(27)38(43)40-37)42(2)51-33-16-23(12-14-29(33)44-3)31-20-28(41-50-31)25-18-34(46-5)36(48-7)35(19-25)47-6/h8-20,22,37,39H,21H2,1-7H3,(H,40,43). The fourth-order valence-electron chi connectivity index (χ4n) is 5.60. The van der Waals surface area contributed by atoms with E-state index in [9.17, 15) is 4.79 Å². The van der Waals surface area contributed by atoms with E-state index < -0.39 is 6.17 Å². The second-order valence-corrected chi connectivity index (χ2v) is 11.7. The Balaban J connectivity index is 1.13. The third-order valence-electron chi connectivity index (χ3n) is 8.53. The molecule has 0 spiro atoms. The average molecular weight is 697 g/mol. The molecule has 2 unspecified atom stereocenters. The maximum Gasteiger partial charge on any atom is 0.255 e. The number of hydrogen-bond donors (Lipinski definition) is 2. The summed E-state index contributed by atoms with van der Waals surface area (Å²) in [5.74, 6) is 3.97. The number of aromatic nitrogens is 1. The summed E-state index contributed by atoms with van der Waals surface area (Å²) in [7, 11) is 9.64. The number of hydrogen-bond acceptors (Lipinski definition) is 12. The van der Waals surface area contributed by atoms with Crippen molar-refractivity contribution in [3.05, 3.63) is 90.0 Å². The molecule has 6 rings (SSSR count). The van der Waals surface area contributed by atoms with Gasteiger partial charge in [0.15, 0.2) is 40.3 Å². The van der Waals surface area contributed by atoms with Crippen LogP contribution in [-0.4, -0.2) is 71.4 Å². The molecule has 4 aromatic carbocycles. The van der Waals surface area contributed by atoms with Crippen molar-refractivity contribution in [1.29, 1.82) is 0 Å². The number of anilines is 1. The molecule has 51 heavy (non-hydrogen) atoms. The van der Waals surface area contributed by atoms with Gasteiger partial charge in [0.2, 0.25) is 5.75 Å². The molecule has 5 aromatic rings. The molecule has 0 bridgehead atoms. The number of likely N-dealkylation sites (N-methyl/N-ethyl adjacent to an activating group) is 1. The zero-order valence-corrected chi connectivity index (χ0v) is 29.4. The van der Waals surface area contributed by atoms with E-state index in [2.05, 4.69) is 15.8 Å². The third kappa shape index (κ3) is 7.29. The van der Waals surface area contributed by atoms with Crippen LogP contribution in [0.1, 0.15) is 29.0 Å². The van der Waals surface area contributed by atoms with Gasteiger partial charge in [0, 0.05) is 29.9 Å². The van der Waals surface area contributed by atoms with Crippen LogP contribution in [0.15, 0.2) is 83.4 Å². The van der Waals surface area contributed by atoms with Crippen molar-refractivity contribution in [3.8, 4) is 62.8 Å². The van der Waals surface area contributed by atoms with Gasteiger partial charge in [0.05, 0.1) is 47.2 Å². The van der Waals surface area contributed by atoms with Gasteiger partial charge in [-0.15, -0.1) is 5.06 Å². The lowest BCUT2D eigenvalue weighted by molar-refractivity contribution is -0.0774. The molecule has 1 amide bonds. The summed E-state index contributed by atoms with van der Waals surface area (Å²) in [4.78, 5) is 18.9. The summed E-state index contributed by atoms with van der Waals surface area (Å²) in [5.41, 5.74) is 4.23. The molecule has 13 nitrogen and oxygen atoms in total. The number of rotatable bonds is 14. The average Bonchev–Trinajstić information content (AvgIpc) is 3.66. The predicted molar refractivity (Wildman–Crippen MR) is 190 cm³/mol. The van der Waals surface area contributed by atoms with Gasteiger partial charge in [-0.1, -0.05) is 23.4 Å². The quantitative estimate of drug-likeness (QED) is 0.121. The number of para-hydroxylation sites is 1. The Kier molecular flexibility index (Phi) is 10.4. The fraction of sp³-hybridized carbons (Fsp3) is 0.263. The summed E-state index contributed by atoms with van der Waals surface area (Å²) in [5, 5.41) is 12.3.